The molecule has 1 amide bonds. The minimum absolute atomic E-state index is 0.0872. The van der Waals surface area contributed by atoms with Gasteiger partial charge in [0.15, 0.2) is 5.13 Å². The van der Waals surface area contributed by atoms with Crippen molar-refractivity contribution >= 4 is 32.4 Å². The molecule has 1 N–H and O–H groups in total. The molecule has 2 aromatic rings. The van der Waals surface area contributed by atoms with Crippen molar-refractivity contribution in [3.8, 4) is 0 Å². The summed E-state index contributed by atoms with van der Waals surface area (Å²) in [6.45, 7) is 5.92. The van der Waals surface area contributed by atoms with Gasteiger partial charge in [0.2, 0.25) is 10.0 Å². The molecule has 0 aromatic carbocycles. The Morgan fingerprint density at radius 1 is 1.46 bits per heavy atom. The van der Waals surface area contributed by atoms with E-state index in [0.717, 1.165) is 10.6 Å². The number of anilines is 1. The van der Waals surface area contributed by atoms with E-state index in [4.69, 9.17) is 4.42 Å². The van der Waals surface area contributed by atoms with E-state index in [2.05, 4.69) is 10.3 Å². The fraction of sp³-hybridized carbons (Fsp3) is 0.467. The molecule has 0 atom stereocenters. The number of amides is 1. The van der Waals surface area contributed by atoms with Crippen LogP contribution in [0.5, 0.6) is 0 Å². The molecule has 0 unspecified atom stereocenters. The molecule has 3 rings (SSSR count). The van der Waals surface area contributed by atoms with Gasteiger partial charge in [0.25, 0.3) is 5.91 Å². The Kier molecular flexibility index (Phi) is 4.50. The molecule has 0 bridgehead atoms. The lowest BCUT2D eigenvalue weighted by Gasteiger charge is -2.24. The third kappa shape index (κ3) is 3.24. The van der Waals surface area contributed by atoms with Gasteiger partial charge in [0.1, 0.15) is 11.5 Å². The monoisotopic (exact) mass is 369 g/mol. The normalized spacial score (nSPS) is 15.3. The standard InChI is InChI=1S/C15H19N3O4S2/c1-4-24(20,21)18-6-5-12-13(8-18)23-15(16-12)17-14(19)11-7-9(2)22-10(11)3/h7H,4-6,8H2,1-3H3,(H,16,17,19). The summed E-state index contributed by atoms with van der Waals surface area (Å²) in [5.74, 6) is 1.06. The average Bonchev–Trinajstić information content (AvgIpc) is 3.08. The second kappa shape index (κ2) is 6.30. The summed E-state index contributed by atoms with van der Waals surface area (Å²) in [5, 5.41) is 3.26. The number of carbonyl (C=O) groups is 1. The lowest BCUT2D eigenvalue weighted by atomic mass is 10.2. The smallest absolute Gasteiger partial charge is 0.260 e. The molecule has 24 heavy (non-hydrogen) atoms. The summed E-state index contributed by atoms with van der Waals surface area (Å²) < 4.78 is 30.8. The van der Waals surface area contributed by atoms with Crippen LogP contribution in [0.3, 0.4) is 0 Å². The highest BCUT2D eigenvalue weighted by Crippen LogP contribution is 2.30. The van der Waals surface area contributed by atoms with Crippen molar-refractivity contribution in [2.45, 2.75) is 33.7 Å². The first-order valence-corrected chi connectivity index (χ1v) is 10.1. The van der Waals surface area contributed by atoms with Crippen molar-refractivity contribution in [3.05, 3.63) is 33.7 Å². The van der Waals surface area contributed by atoms with E-state index >= 15 is 0 Å². The van der Waals surface area contributed by atoms with E-state index < -0.39 is 10.0 Å². The van der Waals surface area contributed by atoms with Gasteiger partial charge in [-0.25, -0.2) is 13.4 Å². The second-order valence-corrected chi connectivity index (χ2v) is 9.00. The predicted octanol–water partition coefficient (Wildman–Crippen LogP) is 2.31. The number of sulfonamides is 1. The van der Waals surface area contributed by atoms with Crippen LogP contribution in [0, 0.1) is 13.8 Å². The van der Waals surface area contributed by atoms with Crippen molar-refractivity contribution in [2.24, 2.45) is 0 Å². The lowest BCUT2D eigenvalue weighted by molar-refractivity contribution is 0.102. The molecule has 9 heteroatoms. The summed E-state index contributed by atoms with van der Waals surface area (Å²) in [6, 6.07) is 1.69. The first-order chi connectivity index (χ1) is 11.3. The van der Waals surface area contributed by atoms with E-state index in [9.17, 15) is 13.2 Å². The Morgan fingerprint density at radius 2 is 2.21 bits per heavy atom. The minimum Gasteiger partial charge on any atom is -0.466 e. The number of hydrogen-bond acceptors (Lipinski definition) is 6. The highest BCUT2D eigenvalue weighted by atomic mass is 32.2. The van der Waals surface area contributed by atoms with Gasteiger partial charge in [-0.15, -0.1) is 11.3 Å². The number of hydrogen-bond donors (Lipinski definition) is 1. The zero-order valence-electron chi connectivity index (χ0n) is 13.7. The van der Waals surface area contributed by atoms with Crippen LogP contribution in [0.1, 0.15) is 39.4 Å². The first-order valence-electron chi connectivity index (χ1n) is 7.65. The molecule has 0 saturated heterocycles. The molecule has 130 valence electrons. The lowest BCUT2D eigenvalue weighted by Crippen LogP contribution is -2.36. The number of carbonyl (C=O) groups excluding carboxylic acids is 1. The van der Waals surface area contributed by atoms with Crippen LogP contribution < -0.4 is 5.32 Å². The SMILES string of the molecule is CCS(=O)(=O)N1CCc2nc(NC(=O)c3cc(C)oc3C)sc2C1. The number of nitrogens with one attached hydrogen (secondary N) is 1. The minimum atomic E-state index is -3.21. The Labute approximate surface area is 144 Å². The Hall–Kier alpha value is -1.71. The molecule has 1 aliphatic heterocycles. The van der Waals surface area contributed by atoms with E-state index in [1.165, 1.54) is 15.6 Å². The van der Waals surface area contributed by atoms with Crippen LogP contribution in [0.2, 0.25) is 0 Å². The highest BCUT2D eigenvalue weighted by molar-refractivity contribution is 7.89. The van der Waals surface area contributed by atoms with Gasteiger partial charge in [0.05, 0.1) is 17.0 Å². The quantitative estimate of drug-likeness (QED) is 0.893. The van der Waals surface area contributed by atoms with Crippen molar-refractivity contribution in [1.82, 2.24) is 9.29 Å². The van der Waals surface area contributed by atoms with Gasteiger partial charge in [0, 0.05) is 24.4 Å². The molecule has 2 aromatic heterocycles. The number of aryl methyl sites for hydroxylation is 2. The van der Waals surface area contributed by atoms with Crippen LogP contribution in [0.25, 0.3) is 0 Å². The maximum atomic E-state index is 12.3. The summed E-state index contributed by atoms with van der Waals surface area (Å²) in [4.78, 5) is 17.6. The topological polar surface area (TPSA) is 92.5 Å². The van der Waals surface area contributed by atoms with Gasteiger partial charge in [-0.3, -0.25) is 10.1 Å². The zero-order valence-corrected chi connectivity index (χ0v) is 15.4. The van der Waals surface area contributed by atoms with Gasteiger partial charge in [-0.2, -0.15) is 4.31 Å². The fourth-order valence-corrected chi connectivity index (χ4v) is 4.83. The maximum Gasteiger partial charge on any atom is 0.260 e. The van der Waals surface area contributed by atoms with E-state index in [-0.39, 0.29) is 11.7 Å². The molecule has 1 aliphatic rings. The average molecular weight is 369 g/mol. The van der Waals surface area contributed by atoms with Crippen LogP contribution >= 0.6 is 11.3 Å². The first kappa shape index (κ1) is 17.1. The van der Waals surface area contributed by atoms with Gasteiger partial charge in [-0.05, 0) is 26.8 Å². The van der Waals surface area contributed by atoms with Crippen LogP contribution in [-0.4, -0.2) is 35.9 Å². The third-order valence-corrected chi connectivity index (χ3v) is 6.79. The van der Waals surface area contributed by atoms with Crippen molar-refractivity contribution in [2.75, 3.05) is 17.6 Å². The van der Waals surface area contributed by atoms with E-state index in [1.54, 1.807) is 26.8 Å². The zero-order chi connectivity index (χ0) is 17.5. The maximum absolute atomic E-state index is 12.3. The number of thiazole rings is 1. The van der Waals surface area contributed by atoms with Crippen LogP contribution in [0.15, 0.2) is 10.5 Å². The van der Waals surface area contributed by atoms with Gasteiger partial charge >= 0.3 is 0 Å². The van der Waals surface area contributed by atoms with E-state index in [0.29, 0.717) is 41.7 Å². The molecule has 0 spiro atoms. The summed E-state index contributed by atoms with van der Waals surface area (Å²) in [6.07, 6.45) is 0.560. The molecule has 3 heterocycles. The largest absolute Gasteiger partial charge is 0.466 e. The van der Waals surface area contributed by atoms with Crippen molar-refractivity contribution in [1.29, 1.82) is 0 Å². The third-order valence-electron chi connectivity index (χ3n) is 3.96. The molecule has 0 radical (unpaired) electrons. The van der Waals surface area contributed by atoms with Gasteiger partial charge in [-0.1, -0.05) is 0 Å². The Balaban J connectivity index is 1.77. The molecule has 0 fully saturated rings. The van der Waals surface area contributed by atoms with Crippen molar-refractivity contribution < 1.29 is 17.6 Å². The molecule has 0 saturated carbocycles. The molecule has 0 aliphatic carbocycles. The summed E-state index contributed by atoms with van der Waals surface area (Å²) >= 11 is 1.32. The Bertz CT molecular complexity index is 883. The predicted molar refractivity (Wildman–Crippen MR) is 91.8 cm³/mol. The summed E-state index contributed by atoms with van der Waals surface area (Å²) in [5.41, 5.74) is 1.34. The number of fused-ring (bicyclic) bond motifs is 1. The molecular weight excluding hydrogens is 350 g/mol. The number of aromatic nitrogens is 1. The number of furan rings is 1. The Morgan fingerprint density at radius 3 is 2.83 bits per heavy atom. The highest BCUT2D eigenvalue weighted by Gasteiger charge is 2.28. The molecular formula is C15H19N3O4S2. The second-order valence-electron chi connectivity index (χ2n) is 5.65. The molecule has 7 nitrogen and oxygen atoms in total. The van der Waals surface area contributed by atoms with Gasteiger partial charge < -0.3 is 4.42 Å². The number of nitrogens with zero attached hydrogens (tertiary/aromatic N) is 2. The van der Waals surface area contributed by atoms with Crippen LogP contribution in [-0.2, 0) is 23.0 Å². The number of rotatable bonds is 4. The fourth-order valence-electron chi connectivity index (χ4n) is 2.67. The van der Waals surface area contributed by atoms with Crippen LogP contribution in [0.4, 0.5) is 5.13 Å². The van der Waals surface area contributed by atoms with E-state index in [1.807, 2.05) is 0 Å². The van der Waals surface area contributed by atoms with Crippen molar-refractivity contribution in [3.63, 3.8) is 0 Å². The summed E-state index contributed by atoms with van der Waals surface area (Å²) in [7, 11) is -3.21.